The summed E-state index contributed by atoms with van der Waals surface area (Å²) in [5.41, 5.74) is 0. The van der Waals surface area contributed by atoms with Gasteiger partial charge in [0, 0.05) is 19.4 Å². The van der Waals surface area contributed by atoms with E-state index in [1.165, 1.54) is 0 Å². The Morgan fingerprint density at radius 2 is 2.30 bits per heavy atom. The lowest BCUT2D eigenvalue weighted by molar-refractivity contribution is -0.134. The minimum atomic E-state index is -0.413. The summed E-state index contributed by atoms with van der Waals surface area (Å²) in [6, 6.07) is -0.413. The van der Waals surface area contributed by atoms with Crippen molar-refractivity contribution in [3.8, 4) is 0 Å². The van der Waals surface area contributed by atoms with Crippen molar-refractivity contribution >= 4 is 11.8 Å². The average Bonchev–Trinajstić information content (AvgIpc) is 3.05. The summed E-state index contributed by atoms with van der Waals surface area (Å²) in [6.07, 6.45) is 2.65. The first-order chi connectivity index (χ1) is 9.63. The number of hydrogen-bond acceptors (Lipinski definition) is 5. The van der Waals surface area contributed by atoms with Crippen molar-refractivity contribution in [2.24, 2.45) is 0 Å². The highest BCUT2D eigenvalue weighted by molar-refractivity contribution is 5.90. The molecule has 7 nitrogen and oxygen atoms in total. The van der Waals surface area contributed by atoms with E-state index in [0.29, 0.717) is 37.6 Å². The molecule has 0 bridgehead atoms. The summed E-state index contributed by atoms with van der Waals surface area (Å²) in [5, 5.41) is 6.56. The molecule has 1 saturated heterocycles. The lowest BCUT2D eigenvalue weighted by Crippen LogP contribution is -2.44. The third kappa shape index (κ3) is 3.34. The van der Waals surface area contributed by atoms with Crippen LogP contribution in [0, 0.1) is 0 Å². The number of aryl methyl sites for hydroxylation is 1. The molecule has 1 N–H and O–H groups in total. The van der Waals surface area contributed by atoms with Crippen molar-refractivity contribution in [1.82, 2.24) is 20.4 Å². The predicted molar refractivity (Wildman–Crippen MR) is 70.5 cm³/mol. The molecule has 0 aliphatic carbocycles. The number of nitrogens with one attached hydrogen (secondary N) is 1. The minimum absolute atomic E-state index is 0.0656. The van der Waals surface area contributed by atoms with Crippen LogP contribution in [0.5, 0.6) is 0 Å². The normalized spacial score (nSPS) is 18.1. The van der Waals surface area contributed by atoms with Crippen LogP contribution < -0.4 is 5.32 Å². The van der Waals surface area contributed by atoms with Gasteiger partial charge in [0.1, 0.15) is 6.04 Å². The van der Waals surface area contributed by atoms with Gasteiger partial charge >= 0.3 is 0 Å². The lowest BCUT2D eigenvalue weighted by Gasteiger charge is -2.22. The highest BCUT2D eigenvalue weighted by atomic mass is 16.5. The number of carbonyl (C=O) groups is 2. The molecular weight excluding hydrogens is 260 g/mol. The molecule has 0 unspecified atom stereocenters. The average molecular weight is 280 g/mol. The van der Waals surface area contributed by atoms with Crippen molar-refractivity contribution < 1.29 is 14.1 Å². The zero-order valence-electron chi connectivity index (χ0n) is 11.9. The van der Waals surface area contributed by atoms with Gasteiger partial charge in [0.25, 0.3) is 0 Å². The first-order valence-corrected chi connectivity index (χ1v) is 7.03. The number of likely N-dealkylation sites (N-methyl/N-ethyl adjacent to an activating group) is 1. The molecule has 110 valence electrons. The third-order valence-electron chi connectivity index (χ3n) is 3.29. The second-order valence-electron chi connectivity index (χ2n) is 4.87. The summed E-state index contributed by atoms with van der Waals surface area (Å²) in [7, 11) is 0. The highest BCUT2D eigenvalue weighted by Crippen LogP contribution is 2.12. The van der Waals surface area contributed by atoms with Crippen LogP contribution in [-0.4, -0.2) is 39.4 Å². The van der Waals surface area contributed by atoms with E-state index in [1.807, 2.05) is 13.8 Å². The van der Waals surface area contributed by atoms with Crippen LogP contribution in [0.25, 0.3) is 0 Å². The second kappa shape index (κ2) is 6.49. The van der Waals surface area contributed by atoms with Crippen LogP contribution in [0.3, 0.4) is 0 Å². The molecule has 0 spiro atoms. The van der Waals surface area contributed by atoms with Crippen LogP contribution in [0.2, 0.25) is 0 Å². The van der Waals surface area contributed by atoms with Crippen LogP contribution in [0.1, 0.15) is 44.8 Å². The van der Waals surface area contributed by atoms with Gasteiger partial charge in [0.05, 0.1) is 6.54 Å². The quantitative estimate of drug-likeness (QED) is 0.826. The number of nitrogens with zero attached hydrogens (tertiary/aromatic N) is 3. The Kier molecular flexibility index (Phi) is 4.70. The number of amides is 2. The molecule has 20 heavy (non-hydrogen) atoms. The van der Waals surface area contributed by atoms with Gasteiger partial charge in [-0.15, -0.1) is 0 Å². The molecule has 1 aromatic heterocycles. The minimum Gasteiger partial charge on any atom is -0.344 e. The van der Waals surface area contributed by atoms with Crippen molar-refractivity contribution in [2.45, 2.75) is 52.1 Å². The zero-order valence-corrected chi connectivity index (χ0v) is 11.9. The smallest absolute Gasteiger partial charge is 0.245 e. The van der Waals surface area contributed by atoms with E-state index in [0.717, 1.165) is 12.8 Å². The van der Waals surface area contributed by atoms with E-state index in [2.05, 4.69) is 15.5 Å². The second-order valence-corrected chi connectivity index (χ2v) is 4.87. The SMILES string of the molecule is CCCc1nc(CN(CC)C(=O)[C@@H]2CCC(=O)N2)no1. The molecule has 1 aromatic rings. The topological polar surface area (TPSA) is 88.3 Å². The Labute approximate surface area is 117 Å². The fourth-order valence-electron chi connectivity index (χ4n) is 2.21. The van der Waals surface area contributed by atoms with Crippen molar-refractivity contribution in [2.75, 3.05) is 6.54 Å². The number of aromatic nitrogens is 2. The number of hydrogen-bond donors (Lipinski definition) is 1. The standard InChI is InChI=1S/C13H20N4O3/c1-3-5-12-15-10(16-20-12)8-17(4-2)13(19)9-6-7-11(18)14-9/h9H,3-8H2,1-2H3,(H,14,18)/t9-/m0/s1. The van der Waals surface area contributed by atoms with Gasteiger partial charge < -0.3 is 14.7 Å². The Morgan fingerprint density at radius 3 is 2.90 bits per heavy atom. The molecule has 1 aliphatic heterocycles. The van der Waals surface area contributed by atoms with Gasteiger partial charge in [-0.1, -0.05) is 12.1 Å². The highest BCUT2D eigenvalue weighted by Gasteiger charge is 2.30. The van der Waals surface area contributed by atoms with Crippen LogP contribution in [0.15, 0.2) is 4.52 Å². The van der Waals surface area contributed by atoms with E-state index in [1.54, 1.807) is 4.90 Å². The van der Waals surface area contributed by atoms with E-state index < -0.39 is 6.04 Å². The van der Waals surface area contributed by atoms with Crippen molar-refractivity contribution in [3.05, 3.63) is 11.7 Å². The number of carbonyl (C=O) groups excluding carboxylic acids is 2. The molecule has 1 fully saturated rings. The van der Waals surface area contributed by atoms with Crippen LogP contribution in [-0.2, 0) is 22.6 Å². The molecule has 1 atom stereocenters. The molecule has 2 heterocycles. The Hall–Kier alpha value is -1.92. The Morgan fingerprint density at radius 1 is 1.50 bits per heavy atom. The maximum absolute atomic E-state index is 12.3. The largest absolute Gasteiger partial charge is 0.344 e. The maximum Gasteiger partial charge on any atom is 0.245 e. The van der Waals surface area contributed by atoms with Gasteiger partial charge in [0.15, 0.2) is 5.82 Å². The van der Waals surface area contributed by atoms with Gasteiger partial charge in [-0.3, -0.25) is 9.59 Å². The monoisotopic (exact) mass is 280 g/mol. The number of rotatable bonds is 6. The molecule has 1 aliphatic rings. The van der Waals surface area contributed by atoms with E-state index in [4.69, 9.17) is 4.52 Å². The Balaban J connectivity index is 1.97. The van der Waals surface area contributed by atoms with Gasteiger partial charge in [0.2, 0.25) is 17.7 Å². The molecule has 7 heteroatoms. The summed E-state index contributed by atoms with van der Waals surface area (Å²) in [4.78, 5) is 29.4. The van der Waals surface area contributed by atoms with Gasteiger partial charge in [-0.05, 0) is 19.8 Å². The summed E-state index contributed by atoms with van der Waals surface area (Å²) >= 11 is 0. The molecule has 0 radical (unpaired) electrons. The van der Waals surface area contributed by atoms with Gasteiger partial charge in [-0.25, -0.2) is 0 Å². The first-order valence-electron chi connectivity index (χ1n) is 7.03. The van der Waals surface area contributed by atoms with Crippen LogP contribution in [0.4, 0.5) is 0 Å². The van der Waals surface area contributed by atoms with Gasteiger partial charge in [-0.2, -0.15) is 4.98 Å². The molecule has 2 rings (SSSR count). The summed E-state index contributed by atoms with van der Waals surface area (Å²) in [6.45, 7) is 4.79. The van der Waals surface area contributed by atoms with E-state index in [9.17, 15) is 9.59 Å². The summed E-state index contributed by atoms with van der Waals surface area (Å²) in [5.74, 6) is 0.956. The lowest BCUT2D eigenvalue weighted by atomic mass is 10.2. The first kappa shape index (κ1) is 14.5. The van der Waals surface area contributed by atoms with Crippen LogP contribution >= 0.6 is 0 Å². The summed E-state index contributed by atoms with van der Waals surface area (Å²) < 4.78 is 5.10. The Bertz CT molecular complexity index is 486. The van der Waals surface area contributed by atoms with E-state index >= 15 is 0 Å². The van der Waals surface area contributed by atoms with E-state index in [-0.39, 0.29) is 11.8 Å². The molecule has 0 aromatic carbocycles. The zero-order chi connectivity index (χ0) is 14.5. The van der Waals surface area contributed by atoms with Crippen molar-refractivity contribution in [1.29, 1.82) is 0 Å². The fourth-order valence-corrected chi connectivity index (χ4v) is 2.21. The predicted octanol–water partition coefficient (Wildman–Crippen LogP) is 0.649. The third-order valence-corrected chi connectivity index (χ3v) is 3.29. The maximum atomic E-state index is 12.3. The molecule has 0 saturated carbocycles. The van der Waals surface area contributed by atoms with Crippen molar-refractivity contribution in [3.63, 3.8) is 0 Å². The molecule has 2 amide bonds. The molecular formula is C13H20N4O3. The fraction of sp³-hybridized carbons (Fsp3) is 0.692.